The number of amides is 1. The van der Waals surface area contributed by atoms with Gasteiger partial charge in [-0.15, -0.1) is 0 Å². The zero-order chi connectivity index (χ0) is 14.5. The molecule has 1 saturated heterocycles. The van der Waals surface area contributed by atoms with Crippen molar-refractivity contribution in [2.24, 2.45) is 0 Å². The lowest BCUT2D eigenvalue weighted by Gasteiger charge is -2.30. The highest BCUT2D eigenvalue weighted by molar-refractivity contribution is 5.69. The predicted molar refractivity (Wildman–Crippen MR) is 68.3 cm³/mol. The van der Waals surface area contributed by atoms with Gasteiger partial charge in [-0.3, -0.25) is 10.1 Å². The lowest BCUT2D eigenvalue weighted by Crippen LogP contribution is -2.45. The Bertz CT molecular complexity index is 323. The van der Waals surface area contributed by atoms with Crippen LogP contribution in [0, 0.1) is 0 Å². The third-order valence-corrected chi connectivity index (χ3v) is 2.45. The highest BCUT2D eigenvalue weighted by atomic mass is 16.7. The van der Waals surface area contributed by atoms with E-state index >= 15 is 0 Å². The largest absolute Gasteiger partial charge is 0.444 e. The van der Waals surface area contributed by atoms with Crippen molar-refractivity contribution in [1.29, 1.82) is 0 Å². The average molecular weight is 273 g/mol. The lowest BCUT2D eigenvalue weighted by atomic mass is 10.1. The summed E-state index contributed by atoms with van der Waals surface area (Å²) < 4.78 is 15.7. The van der Waals surface area contributed by atoms with E-state index in [2.05, 4.69) is 5.32 Å². The van der Waals surface area contributed by atoms with Crippen molar-refractivity contribution in [3.8, 4) is 0 Å². The van der Waals surface area contributed by atoms with E-state index in [-0.39, 0.29) is 5.97 Å². The molecule has 1 aliphatic heterocycles. The van der Waals surface area contributed by atoms with Crippen molar-refractivity contribution in [1.82, 2.24) is 5.32 Å². The van der Waals surface area contributed by atoms with Crippen LogP contribution in [0.1, 0.15) is 53.4 Å². The van der Waals surface area contributed by atoms with Gasteiger partial charge < -0.3 is 14.2 Å². The first-order valence-corrected chi connectivity index (χ1v) is 6.64. The Morgan fingerprint density at radius 2 is 2.00 bits per heavy atom. The third kappa shape index (κ3) is 6.42. The van der Waals surface area contributed by atoms with Crippen molar-refractivity contribution in [2.45, 2.75) is 71.5 Å². The second-order valence-corrected chi connectivity index (χ2v) is 5.47. The zero-order valence-electron chi connectivity index (χ0n) is 12.0. The van der Waals surface area contributed by atoms with Gasteiger partial charge in [0.1, 0.15) is 11.8 Å². The monoisotopic (exact) mass is 273 g/mol. The molecule has 1 N–H and O–H groups in total. The molecular formula is C13H23NO5. The maximum absolute atomic E-state index is 11.6. The molecule has 0 aromatic heterocycles. The number of carbonyl (C=O) groups is 2. The summed E-state index contributed by atoms with van der Waals surface area (Å²) in [4.78, 5) is 22.8. The van der Waals surface area contributed by atoms with Gasteiger partial charge in [-0.2, -0.15) is 0 Å². The van der Waals surface area contributed by atoms with Crippen LogP contribution < -0.4 is 5.32 Å². The number of nitrogens with one attached hydrogen (secondary N) is 1. The van der Waals surface area contributed by atoms with E-state index in [0.717, 1.165) is 6.42 Å². The normalized spacial score (nSPS) is 23.6. The number of hydrogen-bond donors (Lipinski definition) is 1. The predicted octanol–water partition coefficient (Wildman–Crippen LogP) is 2.32. The highest BCUT2D eigenvalue weighted by Gasteiger charge is 2.27. The van der Waals surface area contributed by atoms with E-state index in [9.17, 15) is 9.59 Å². The maximum atomic E-state index is 11.6. The van der Waals surface area contributed by atoms with E-state index in [1.165, 1.54) is 0 Å². The quantitative estimate of drug-likeness (QED) is 0.799. The molecule has 0 saturated carbocycles. The van der Waals surface area contributed by atoms with Crippen LogP contribution in [0.2, 0.25) is 0 Å². The van der Waals surface area contributed by atoms with Gasteiger partial charge >= 0.3 is 12.1 Å². The SMILES string of the molecule is CCC(=O)OC1CCC[C@@H](NC(=O)OC(C)(C)C)O1. The summed E-state index contributed by atoms with van der Waals surface area (Å²) in [5.74, 6) is -0.303. The van der Waals surface area contributed by atoms with Gasteiger partial charge in [0.2, 0.25) is 6.29 Å². The number of alkyl carbamates (subject to hydrolysis) is 1. The summed E-state index contributed by atoms with van der Waals surface area (Å²) in [5.41, 5.74) is -0.549. The molecule has 1 fully saturated rings. The standard InChI is InChI=1S/C13H23NO5/c1-5-10(15)18-11-8-6-7-9(17-11)14-12(16)19-13(2,3)4/h9,11H,5-8H2,1-4H3,(H,14,16)/t9-,11?/m0/s1. The molecule has 0 spiro atoms. The van der Waals surface area contributed by atoms with Crippen LogP contribution in [-0.4, -0.2) is 30.2 Å². The van der Waals surface area contributed by atoms with Gasteiger partial charge in [0.05, 0.1) is 0 Å². The molecule has 1 aliphatic rings. The number of esters is 1. The molecule has 1 amide bonds. The Kier molecular flexibility index (Phi) is 5.60. The molecule has 0 bridgehead atoms. The summed E-state index contributed by atoms with van der Waals surface area (Å²) in [5, 5.41) is 2.62. The highest BCUT2D eigenvalue weighted by Crippen LogP contribution is 2.19. The van der Waals surface area contributed by atoms with Crippen LogP contribution >= 0.6 is 0 Å². The topological polar surface area (TPSA) is 73.9 Å². The summed E-state index contributed by atoms with van der Waals surface area (Å²) in [7, 11) is 0. The van der Waals surface area contributed by atoms with Gasteiger partial charge in [0, 0.05) is 12.8 Å². The number of hydrogen-bond acceptors (Lipinski definition) is 5. The lowest BCUT2D eigenvalue weighted by molar-refractivity contribution is -0.205. The molecule has 0 aliphatic carbocycles. The van der Waals surface area contributed by atoms with E-state index in [1.54, 1.807) is 27.7 Å². The Morgan fingerprint density at radius 3 is 2.58 bits per heavy atom. The second-order valence-electron chi connectivity index (χ2n) is 5.47. The molecule has 0 aromatic rings. The summed E-state index contributed by atoms with van der Waals surface area (Å²) in [6, 6.07) is 0. The van der Waals surface area contributed by atoms with E-state index in [0.29, 0.717) is 19.3 Å². The van der Waals surface area contributed by atoms with Gasteiger partial charge in [0.25, 0.3) is 0 Å². The van der Waals surface area contributed by atoms with Gasteiger partial charge in [-0.1, -0.05) is 6.92 Å². The minimum Gasteiger partial charge on any atom is -0.444 e. The van der Waals surface area contributed by atoms with Crippen LogP contribution in [0.15, 0.2) is 0 Å². The first-order valence-electron chi connectivity index (χ1n) is 6.64. The smallest absolute Gasteiger partial charge is 0.409 e. The number of ether oxygens (including phenoxy) is 3. The van der Waals surface area contributed by atoms with Crippen molar-refractivity contribution in [2.75, 3.05) is 0 Å². The molecule has 2 atom stereocenters. The van der Waals surface area contributed by atoms with Crippen LogP contribution in [0.4, 0.5) is 4.79 Å². The molecule has 1 rings (SSSR count). The van der Waals surface area contributed by atoms with E-state index < -0.39 is 24.2 Å². The second kappa shape index (κ2) is 6.75. The molecule has 0 radical (unpaired) electrons. The van der Waals surface area contributed by atoms with E-state index in [4.69, 9.17) is 14.2 Å². The summed E-state index contributed by atoms with van der Waals surface area (Å²) >= 11 is 0. The summed E-state index contributed by atoms with van der Waals surface area (Å²) in [6.07, 6.45) is 0.878. The minimum absolute atomic E-state index is 0.303. The Hall–Kier alpha value is -1.30. The van der Waals surface area contributed by atoms with E-state index in [1.807, 2.05) is 0 Å². The minimum atomic E-state index is -0.582. The first kappa shape index (κ1) is 15.8. The molecule has 6 heteroatoms. The number of carbonyl (C=O) groups excluding carboxylic acids is 2. The van der Waals surface area contributed by atoms with Crippen LogP contribution in [-0.2, 0) is 19.0 Å². The van der Waals surface area contributed by atoms with Crippen molar-refractivity contribution in [3.63, 3.8) is 0 Å². The van der Waals surface area contributed by atoms with Crippen LogP contribution in [0.25, 0.3) is 0 Å². The van der Waals surface area contributed by atoms with Crippen molar-refractivity contribution < 1.29 is 23.8 Å². The Labute approximate surface area is 113 Å². The molecule has 110 valence electrons. The number of rotatable bonds is 3. The fourth-order valence-electron chi connectivity index (χ4n) is 1.65. The molecule has 1 heterocycles. The zero-order valence-corrected chi connectivity index (χ0v) is 12.0. The van der Waals surface area contributed by atoms with Gasteiger partial charge in [0.15, 0.2) is 0 Å². The van der Waals surface area contributed by atoms with Gasteiger partial charge in [-0.05, 0) is 33.6 Å². The Morgan fingerprint density at radius 1 is 1.32 bits per heavy atom. The fraction of sp³-hybridized carbons (Fsp3) is 0.846. The van der Waals surface area contributed by atoms with Crippen LogP contribution in [0.5, 0.6) is 0 Å². The van der Waals surface area contributed by atoms with Crippen molar-refractivity contribution in [3.05, 3.63) is 0 Å². The molecule has 6 nitrogen and oxygen atoms in total. The fourth-order valence-corrected chi connectivity index (χ4v) is 1.65. The first-order chi connectivity index (χ1) is 8.80. The van der Waals surface area contributed by atoms with Crippen LogP contribution in [0.3, 0.4) is 0 Å². The Balaban J connectivity index is 2.38. The molecular weight excluding hydrogens is 250 g/mol. The van der Waals surface area contributed by atoms with Gasteiger partial charge in [-0.25, -0.2) is 4.79 Å². The van der Waals surface area contributed by atoms with Crippen molar-refractivity contribution >= 4 is 12.1 Å². The molecule has 19 heavy (non-hydrogen) atoms. The average Bonchev–Trinajstić information content (AvgIpc) is 2.26. The summed E-state index contributed by atoms with van der Waals surface area (Å²) in [6.45, 7) is 7.10. The molecule has 1 unspecified atom stereocenters. The third-order valence-electron chi connectivity index (χ3n) is 2.45. The molecule has 0 aromatic carbocycles. The maximum Gasteiger partial charge on any atom is 0.409 e.